The van der Waals surface area contributed by atoms with Crippen LogP contribution in [0.25, 0.3) is 0 Å². The number of ether oxygens (including phenoxy) is 2. The van der Waals surface area contributed by atoms with Crippen molar-refractivity contribution in [3.63, 3.8) is 0 Å². The Labute approximate surface area is 115 Å². The van der Waals surface area contributed by atoms with Crippen molar-refractivity contribution in [3.8, 4) is 0 Å². The number of allylic oxidation sites excluding steroid dienone is 1. The van der Waals surface area contributed by atoms with Crippen LogP contribution in [0.2, 0.25) is 0 Å². The van der Waals surface area contributed by atoms with Crippen molar-refractivity contribution in [1.82, 2.24) is 0 Å². The first-order valence-corrected chi connectivity index (χ1v) is 8.49. The molecule has 0 aromatic carbocycles. The van der Waals surface area contributed by atoms with E-state index in [4.69, 9.17) is 18.5 Å². The highest BCUT2D eigenvalue weighted by Gasteiger charge is 2.39. The molecule has 1 aliphatic heterocycles. The number of unbranched alkanes of at least 4 members (excludes halogenated alkanes) is 1. The minimum Gasteiger partial charge on any atom is -0.469 e. The summed E-state index contributed by atoms with van der Waals surface area (Å²) in [6.45, 7) is 8.81. The standard InChI is InChI=1S/C13H25O5P/c1-5-8-9-15-13-10-12(11(4)18-13)19(14,16-6-2)17-7-3/h13H,5-10H2,1-4H3. The third-order valence-electron chi connectivity index (χ3n) is 2.80. The second-order valence-corrected chi connectivity index (χ2v) is 6.36. The average molecular weight is 292 g/mol. The van der Waals surface area contributed by atoms with E-state index in [1.54, 1.807) is 20.8 Å². The van der Waals surface area contributed by atoms with Crippen LogP contribution >= 0.6 is 7.60 Å². The molecule has 0 bridgehead atoms. The molecule has 1 atom stereocenters. The summed E-state index contributed by atoms with van der Waals surface area (Å²) in [6, 6.07) is 0. The summed E-state index contributed by atoms with van der Waals surface area (Å²) < 4.78 is 34.5. The minimum atomic E-state index is -3.22. The maximum atomic E-state index is 12.7. The van der Waals surface area contributed by atoms with Crippen LogP contribution in [0.4, 0.5) is 0 Å². The Morgan fingerprint density at radius 1 is 1.26 bits per heavy atom. The summed E-state index contributed by atoms with van der Waals surface area (Å²) in [6.07, 6.45) is 2.15. The van der Waals surface area contributed by atoms with E-state index in [0.29, 0.717) is 37.3 Å². The predicted molar refractivity (Wildman–Crippen MR) is 73.9 cm³/mol. The SMILES string of the molecule is CCCCOC1CC(P(=O)(OCC)OCC)=C(C)O1. The van der Waals surface area contributed by atoms with Gasteiger partial charge in [-0.15, -0.1) is 0 Å². The fourth-order valence-electron chi connectivity index (χ4n) is 1.90. The summed E-state index contributed by atoms with van der Waals surface area (Å²) in [4.78, 5) is 0. The van der Waals surface area contributed by atoms with Crippen molar-refractivity contribution in [2.75, 3.05) is 19.8 Å². The zero-order valence-electron chi connectivity index (χ0n) is 12.3. The Kier molecular flexibility index (Phi) is 7.08. The van der Waals surface area contributed by atoms with E-state index in [1.807, 2.05) is 0 Å². The van der Waals surface area contributed by atoms with Crippen molar-refractivity contribution in [2.24, 2.45) is 0 Å². The van der Waals surface area contributed by atoms with Crippen LogP contribution in [0.1, 0.15) is 47.0 Å². The van der Waals surface area contributed by atoms with Gasteiger partial charge in [-0.05, 0) is 27.2 Å². The van der Waals surface area contributed by atoms with E-state index in [9.17, 15) is 4.57 Å². The molecule has 1 rings (SSSR count). The summed E-state index contributed by atoms with van der Waals surface area (Å²) in [5, 5.41) is 0.609. The number of rotatable bonds is 9. The lowest BCUT2D eigenvalue weighted by Crippen LogP contribution is -2.12. The Morgan fingerprint density at radius 3 is 2.42 bits per heavy atom. The normalized spacial score (nSPS) is 19.9. The van der Waals surface area contributed by atoms with Crippen molar-refractivity contribution in [1.29, 1.82) is 0 Å². The molecule has 0 aliphatic carbocycles. The lowest BCUT2D eigenvalue weighted by molar-refractivity contribution is -0.100. The Bertz CT molecular complexity index is 343. The van der Waals surface area contributed by atoms with Crippen LogP contribution in [0.3, 0.4) is 0 Å². The first-order valence-electron chi connectivity index (χ1n) is 6.95. The molecule has 0 fully saturated rings. The predicted octanol–water partition coefficient (Wildman–Crippen LogP) is 4.05. The molecular weight excluding hydrogens is 267 g/mol. The molecule has 5 nitrogen and oxygen atoms in total. The highest BCUT2D eigenvalue weighted by atomic mass is 31.2. The molecule has 0 spiro atoms. The lowest BCUT2D eigenvalue weighted by atomic mass is 10.3. The van der Waals surface area contributed by atoms with Crippen LogP contribution in [0, 0.1) is 0 Å². The smallest absolute Gasteiger partial charge is 0.360 e. The fraction of sp³-hybridized carbons (Fsp3) is 0.846. The van der Waals surface area contributed by atoms with Gasteiger partial charge in [-0.2, -0.15) is 0 Å². The van der Waals surface area contributed by atoms with Crippen LogP contribution in [0.5, 0.6) is 0 Å². The molecule has 0 saturated heterocycles. The molecule has 1 unspecified atom stereocenters. The zero-order chi connectivity index (χ0) is 14.3. The molecular formula is C13H25O5P. The van der Waals surface area contributed by atoms with Gasteiger partial charge in [0.05, 0.1) is 25.1 Å². The molecule has 0 radical (unpaired) electrons. The summed E-state index contributed by atoms with van der Waals surface area (Å²) in [5.74, 6) is 0.603. The monoisotopic (exact) mass is 292 g/mol. The Morgan fingerprint density at radius 2 is 1.89 bits per heavy atom. The Hall–Kier alpha value is -0.350. The van der Waals surface area contributed by atoms with Gasteiger partial charge >= 0.3 is 7.60 Å². The van der Waals surface area contributed by atoms with Gasteiger partial charge in [-0.3, -0.25) is 4.57 Å². The van der Waals surface area contributed by atoms with Gasteiger partial charge in [0.15, 0.2) is 0 Å². The fourth-order valence-corrected chi connectivity index (χ4v) is 3.78. The van der Waals surface area contributed by atoms with Crippen molar-refractivity contribution in [3.05, 3.63) is 11.1 Å². The molecule has 1 aliphatic rings. The quantitative estimate of drug-likeness (QED) is 0.474. The van der Waals surface area contributed by atoms with Gasteiger partial charge in [0.2, 0.25) is 6.29 Å². The molecule has 0 N–H and O–H groups in total. The maximum absolute atomic E-state index is 12.7. The van der Waals surface area contributed by atoms with Crippen LogP contribution in [-0.4, -0.2) is 26.1 Å². The molecule has 1 heterocycles. The molecule has 0 aromatic heterocycles. The number of hydrogen-bond donors (Lipinski definition) is 0. The van der Waals surface area contributed by atoms with Crippen LogP contribution < -0.4 is 0 Å². The molecule has 0 aromatic rings. The highest BCUT2D eigenvalue weighted by molar-refractivity contribution is 7.58. The topological polar surface area (TPSA) is 54.0 Å². The van der Waals surface area contributed by atoms with Gasteiger partial charge in [0.1, 0.15) is 5.76 Å². The van der Waals surface area contributed by atoms with Gasteiger partial charge in [0, 0.05) is 6.42 Å². The first kappa shape index (κ1) is 16.7. The van der Waals surface area contributed by atoms with E-state index in [2.05, 4.69) is 6.92 Å². The lowest BCUT2D eigenvalue weighted by Gasteiger charge is -2.17. The summed E-state index contributed by atoms with van der Waals surface area (Å²) in [5.41, 5.74) is 0. The van der Waals surface area contributed by atoms with Gasteiger partial charge in [0.25, 0.3) is 0 Å². The molecule has 0 amide bonds. The van der Waals surface area contributed by atoms with Gasteiger partial charge in [-0.1, -0.05) is 13.3 Å². The Balaban J connectivity index is 2.66. The largest absolute Gasteiger partial charge is 0.469 e. The van der Waals surface area contributed by atoms with Crippen molar-refractivity contribution in [2.45, 2.75) is 53.2 Å². The molecule has 0 saturated carbocycles. The minimum absolute atomic E-state index is 0.343. The molecule has 112 valence electrons. The molecule has 19 heavy (non-hydrogen) atoms. The second kappa shape index (κ2) is 8.05. The van der Waals surface area contributed by atoms with Crippen molar-refractivity contribution < 1.29 is 23.1 Å². The van der Waals surface area contributed by atoms with Crippen LogP contribution in [0.15, 0.2) is 11.1 Å². The zero-order valence-corrected chi connectivity index (χ0v) is 13.2. The molecule has 6 heteroatoms. The third kappa shape index (κ3) is 4.60. The van der Waals surface area contributed by atoms with Gasteiger partial charge in [-0.25, -0.2) is 0 Å². The van der Waals surface area contributed by atoms with E-state index in [1.165, 1.54) is 0 Å². The van der Waals surface area contributed by atoms with E-state index in [-0.39, 0.29) is 6.29 Å². The average Bonchev–Trinajstić information content (AvgIpc) is 2.72. The number of hydrogen-bond acceptors (Lipinski definition) is 5. The van der Waals surface area contributed by atoms with E-state index in [0.717, 1.165) is 12.8 Å². The maximum Gasteiger partial charge on any atom is 0.360 e. The summed E-state index contributed by atoms with van der Waals surface area (Å²) in [7, 11) is -3.22. The van der Waals surface area contributed by atoms with Gasteiger partial charge < -0.3 is 18.5 Å². The van der Waals surface area contributed by atoms with E-state index < -0.39 is 7.60 Å². The third-order valence-corrected chi connectivity index (χ3v) is 5.16. The first-order chi connectivity index (χ1) is 9.07. The second-order valence-electron chi connectivity index (χ2n) is 4.31. The van der Waals surface area contributed by atoms with Crippen molar-refractivity contribution >= 4 is 7.60 Å². The highest BCUT2D eigenvalue weighted by Crippen LogP contribution is 2.60. The van der Waals surface area contributed by atoms with Crippen LogP contribution in [-0.2, 0) is 23.1 Å². The summed E-state index contributed by atoms with van der Waals surface area (Å²) >= 11 is 0. The van der Waals surface area contributed by atoms with E-state index >= 15 is 0 Å².